The summed E-state index contributed by atoms with van der Waals surface area (Å²) in [5, 5.41) is 2.86. The molecule has 162 valence electrons. The van der Waals surface area contributed by atoms with Gasteiger partial charge in [-0.05, 0) is 49.9 Å². The highest BCUT2D eigenvalue weighted by Gasteiger charge is 2.24. The zero-order chi connectivity index (χ0) is 21.0. The van der Waals surface area contributed by atoms with Crippen LogP contribution in [0.1, 0.15) is 45.5 Å². The molecule has 1 aliphatic heterocycles. The minimum atomic E-state index is -0.338. The number of hydrogen-bond acceptors (Lipinski definition) is 5. The van der Waals surface area contributed by atoms with Crippen LogP contribution in [0, 0.1) is 6.92 Å². The maximum atomic E-state index is 13.2. The molecule has 0 atom stereocenters. The highest BCUT2D eigenvalue weighted by Crippen LogP contribution is 2.35. The first-order valence-electron chi connectivity index (χ1n) is 9.67. The molecule has 2 aromatic rings. The lowest BCUT2D eigenvalue weighted by molar-refractivity contribution is 0.0725. The summed E-state index contributed by atoms with van der Waals surface area (Å²) in [5.41, 5.74) is 8.34. The van der Waals surface area contributed by atoms with Crippen molar-refractivity contribution in [2.24, 2.45) is 0 Å². The number of piperidine rings is 1. The van der Waals surface area contributed by atoms with Gasteiger partial charge in [-0.2, -0.15) is 0 Å². The molecule has 3 N–H and O–H groups in total. The molecule has 0 spiro atoms. The Morgan fingerprint density at radius 3 is 2.23 bits per heavy atom. The van der Waals surface area contributed by atoms with Crippen LogP contribution < -0.4 is 20.5 Å². The fraction of sp³-hybridized carbons (Fsp3) is 0.364. The molecule has 3 rings (SSSR count). The van der Waals surface area contributed by atoms with Gasteiger partial charge in [0.15, 0.2) is 11.5 Å². The smallest absolute Gasteiger partial charge is 0.256 e. The molecule has 1 fully saturated rings. The average molecular weight is 434 g/mol. The van der Waals surface area contributed by atoms with Crippen LogP contribution in [0.4, 0.5) is 11.4 Å². The number of benzene rings is 2. The number of amides is 2. The number of nitrogens with one attached hydrogen (secondary N) is 1. The number of anilines is 2. The Labute approximate surface area is 182 Å². The van der Waals surface area contributed by atoms with E-state index in [9.17, 15) is 9.59 Å². The first-order chi connectivity index (χ1) is 13.9. The molecule has 1 heterocycles. The van der Waals surface area contributed by atoms with Gasteiger partial charge in [0.1, 0.15) is 0 Å². The Kier molecular flexibility index (Phi) is 7.94. The van der Waals surface area contributed by atoms with Crippen molar-refractivity contribution in [3.63, 3.8) is 0 Å². The second kappa shape index (κ2) is 10.2. The number of halogens is 1. The number of carbonyl (C=O) groups is 2. The van der Waals surface area contributed by atoms with Crippen LogP contribution in [0.2, 0.25) is 0 Å². The molecule has 30 heavy (non-hydrogen) atoms. The van der Waals surface area contributed by atoms with Gasteiger partial charge in [0, 0.05) is 30.4 Å². The van der Waals surface area contributed by atoms with Gasteiger partial charge < -0.3 is 25.4 Å². The van der Waals surface area contributed by atoms with Crippen LogP contribution in [0.3, 0.4) is 0 Å². The molecule has 1 aliphatic rings. The predicted molar refractivity (Wildman–Crippen MR) is 120 cm³/mol. The third kappa shape index (κ3) is 4.97. The van der Waals surface area contributed by atoms with E-state index < -0.39 is 0 Å². The summed E-state index contributed by atoms with van der Waals surface area (Å²) in [4.78, 5) is 27.9. The number of hydrogen-bond donors (Lipinski definition) is 2. The van der Waals surface area contributed by atoms with Gasteiger partial charge in [0.25, 0.3) is 11.8 Å². The Bertz CT molecular complexity index is 927. The lowest BCUT2D eigenvalue weighted by Crippen LogP contribution is -2.36. The molecular weight excluding hydrogens is 406 g/mol. The van der Waals surface area contributed by atoms with Crippen molar-refractivity contribution in [1.29, 1.82) is 0 Å². The monoisotopic (exact) mass is 433 g/mol. The molecule has 0 radical (unpaired) electrons. The number of nitrogens with two attached hydrogens (primary N) is 1. The highest BCUT2D eigenvalue weighted by atomic mass is 35.5. The van der Waals surface area contributed by atoms with E-state index in [-0.39, 0.29) is 24.2 Å². The van der Waals surface area contributed by atoms with Crippen LogP contribution in [0.25, 0.3) is 0 Å². The second-order valence-electron chi connectivity index (χ2n) is 7.13. The van der Waals surface area contributed by atoms with Gasteiger partial charge in [0.05, 0.1) is 25.5 Å². The van der Waals surface area contributed by atoms with Gasteiger partial charge in [-0.3, -0.25) is 9.59 Å². The molecule has 1 saturated heterocycles. The number of aryl methyl sites for hydroxylation is 1. The van der Waals surface area contributed by atoms with Crippen LogP contribution >= 0.6 is 12.4 Å². The summed E-state index contributed by atoms with van der Waals surface area (Å²) in [6.07, 6.45) is 3.07. The van der Waals surface area contributed by atoms with E-state index >= 15 is 0 Å². The Hall–Kier alpha value is -2.93. The first kappa shape index (κ1) is 23.3. The summed E-state index contributed by atoms with van der Waals surface area (Å²) in [6.45, 7) is 3.24. The Morgan fingerprint density at radius 1 is 0.967 bits per heavy atom. The van der Waals surface area contributed by atoms with Crippen LogP contribution in [-0.2, 0) is 0 Å². The van der Waals surface area contributed by atoms with Gasteiger partial charge in [-0.1, -0.05) is 6.07 Å². The molecule has 2 amide bonds. The summed E-state index contributed by atoms with van der Waals surface area (Å²) >= 11 is 0. The maximum Gasteiger partial charge on any atom is 0.256 e. The predicted octanol–water partition coefficient (Wildman–Crippen LogP) is 3.89. The zero-order valence-corrected chi connectivity index (χ0v) is 18.3. The maximum absolute atomic E-state index is 13.2. The third-order valence-electron chi connectivity index (χ3n) is 5.15. The van der Waals surface area contributed by atoms with Crippen molar-refractivity contribution in [2.45, 2.75) is 26.2 Å². The van der Waals surface area contributed by atoms with Gasteiger partial charge in [-0.25, -0.2) is 0 Å². The van der Waals surface area contributed by atoms with Crippen LogP contribution in [0.5, 0.6) is 11.5 Å². The molecular formula is C22H28ClN3O4. The van der Waals surface area contributed by atoms with E-state index in [1.807, 2.05) is 11.8 Å². The largest absolute Gasteiger partial charge is 0.493 e. The quantitative estimate of drug-likeness (QED) is 0.697. The molecule has 8 heteroatoms. The number of carbonyl (C=O) groups excluding carboxylic acids is 2. The second-order valence-corrected chi connectivity index (χ2v) is 7.13. The van der Waals surface area contributed by atoms with Gasteiger partial charge in [-0.15, -0.1) is 12.4 Å². The summed E-state index contributed by atoms with van der Waals surface area (Å²) in [7, 11) is 3.03. The van der Waals surface area contributed by atoms with Crippen molar-refractivity contribution in [3.8, 4) is 11.5 Å². The fourth-order valence-electron chi connectivity index (χ4n) is 3.50. The number of rotatable bonds is 5. The molecule has 7 nitrogen and oxygen atoms in total. The van der Waals surface area contributed by atoms with E-state index in [1.165, 1.54) is 14.2 Å². The number of likely N-dealkylation sites (tertiary alicyclic amines) is 1. The molecule has 0 aliphatic carbocycles. The van der Waals surface area contributed by atoms with E-state index in [2.05, 4.69) is 5.32 Å². The molecule has 0 saturated carbocycles. The molecule has 2 aromatic carbocycles. The van der Waals surface area contributed by atoms with Crippen molar-refractivity contribution >= 4 is 35.6 Å². The topological polar surface area (TPSA) is 93.9 Å². The summed E-state index contributed by atoms with van der Waals surface area (Å²) in [6, 6.07) is 8.40. The third-order valence-corrected chi connectivity index (χ3v) is 5.15. The first-order valence-corrected chi connectivity index (χ1v) is 9.67. The number of methoxy groups -OCH3 is 2. The minimum absolute atomic E-state index is 0. The molecule has 0 unspecified atom stereocenters. The van der Waals surface area contributed by atoms with E-state index in [0.717, 1.165) is 24.8 Å². The van der Waals surface area contributed by atoms with E-state index in [4.69, 9.17) is 15.2 Å². The lowest BCUT2D eigenvalue weighted by Gasteiger charge is -2.28. The van der Waals surface area contributed by atoms with Crippen LogP contribution in [0.15, 0.2) is 30.3 Å². The normalized spacial score (nSPS) is 13.2. The highest BCUT2D eigenvalue weighted by molar-refractivity contribution is 6.10. The number of nitrogens with zero attached hydrogens (tertiary/aromatic N) is 1. The minimum Gasteiger partial charge on any atom is -0.493 e. The summed E-state index contributed by atoms with van der Waals surface area (Å²) in [5.74, 6) is 0.397. The lowest BCUT2D eigenvalue weighted by atomic mass is 10.0. The van der Waals surface area contributed by atoms with Crippen LogP contribution in [-0.4, -0.2) is 44.0 Å². The van der Waals surface area contributed by atoms with E-state index in [1.54, 1.807) is 30.3 Å². The fourth-order valence-corrected chi connectivity index (χ4v) is 3.50. The standard InChI is InChI=1S/C22H27N3O4.ClH/c1-14-7-8-15(23)11-16(14)21(26)24-18-13-20(29-3)19(28-2)12-17(18)22(27)25-9-5-4-6-10-25;/h7-8,11-13H,4-6,9-10,23H2,1-3H3,(H,24,26);1H. The van der Waals surface area contributed by atoms with Crippen molar-refractivity contribution < 1.29 is 19.1 Å². The molecule has 0 aromatic heterocycles. The SMILES string of the molecule is COc1cc(NC(=O)c2cc(N)ccc2C)c(C(=O)N2CCCCC2)cc1OC.Cl. The average Bonchev–Trinajstić information content (AvgIpc) is 2.75. The summed E-state index contributed by atoms with van der Waals surface area (Å²) < 4.78 is 10.7. The van der Waals surface area contributed by atoms with E-state index in [0.29, 0.717) is 47.1 Å². The molecule has 0 bridgehead atoms. The Morgan fingerprint density at radius 2 is 1.60 bits per heavy atom. The number of nitrogen functional groups attached to an aromatic ring is 1. The number of ether oxygens (including phenoxy) is 2. The van der Waals surface area contributed by atoms with Crippen molar-refractivity contribution in [1.82, 2.24) is 4.90 Å². The van der Waals surface area contributed by atoms with Crippen molar-refractivity contribution in [2.75, 3.05) is 38.4 Å². The zero-order valence-electron chi connectivity index (χ0n) is 17.5. The Balaban J connectivity index is 0.00000320. The van der Waals surface area contributed by atoms with Gasteiger partial charge >= 0.3 is 0 Å². The van der Waals surface area contributed by atoms with Gasteiger partial charge in [0.2, 0.25) is 0 Å². The van der Waals surface area contributed by atoms with Crippen molar-refractivity contribution in [3.05, 3.63) is 47.0 Å².